The number of nitrogens with zero attached hydrogens (tertiary/aromatic N) is 3. The molecule has 1 aromatic carbocycles. The van der Waals surface area contributed by atoms with E-state index in [2.05, 4.69) is 16.9 Å². The van der Waals surface area contributed by atoms with Gasteiger partial charge in [-0.2, -0.15) is 0 Å². The minimum Gasteiger partial charge on any atom is -0.383 e. The number of carbonyl (C=O) groups is 1. The summed E-state index contributed by atoms with van der Waals surface area (Å²) < 4.78 is 27.9. The molecule has 0 spiro atoms. The molecule has 2 aromatic rings. The highest BCUT2D eigenvalue weighted by atomic mass is 35.5. The molecule has 2 aliphatic heterocycles. The number of rotatable bonds is 3. The molecule has 2 N–H and O–H groups in total. The number of nitrogens with one attached hydrogen (secondary N) is 2. The number of carbonyl (C=O) groups excluding carboxylic acids is 1. The number of aromatic nitrogens is 1. The second-order valence-electron chi connectivity index (χ2n) is 7.62. The third-order valence-electron chi connectivity index (χ3n) is 5.58. The fraction of sp³-hybridized carbons (Fsp3) is 0.318. The number of fused-ring (bicyclic) bond motifs is 1. The molecule has 168 valence electrons. The first-order chi connectivity index (χ1) is 15.3. The molecule has 4 rings (SSSR count). The van der Waals surface area contributed by atoms with Gasteiger partial charge < -0.3 is 15.1 Å². The van der Waals surface area contributed by atoms with E-state index < -0.39 is 11.6 Å². The Kier molecular flexibility index (Phi) is 6.39. The molecule has 1 atom stereocenters. The van der Waals surface area contributed by atoms with Gasteiger partial charge >= 0.3 is 0 Å². The van der Waals surface area contributed by atoms with Crippen LogP contribution in [0.5, 0.6) is 0 Å². The maximum atomic E-state index is 14.5. The van der Waals surface area contributed by atoms with Crippen molar-refractivity contribution in [1.29, 1.82) is 5.41 Å². The fourth-order valence-corrected chi connectivity index (χ4v) is 5.49. The van der Waals surface area contributed by atoms with Crippen LogP contribution >= 0.6 is 23.4 Å². The lowest BCUT2D eigenvalue weighted by atomic mass is 10.0. The van der Waals surface area contributed by atoms with E-state index in [0.717, 1.165) is 18.0 Å². The van der Waals surface area contributed by atoms with Crippen molar-refractivity contribution in [2.45, 2.75) is 17.9 Å². The Bertz CT molecular complexity index is 1110. The molecule has 10 heteroatoms. The van der Waals surface area contributed by atoms with Crippen molar-refractivity contribution in [3.05, 3.63) is 53.2 Å². The second-order valence-corrected chi connectivity index (χ2v) is 9.14. The van der Waals surface area contributed by atoms with E-state index in [1.807, 2.05) is 11.8 Å². The van der Waals surface area contributed by atoms with Crippen molar-refractivity contribution in [2.75, 3.05) is 37.2 Å². The molecular formula is C22H22ClF2N5OS. The first-order valence-electron chi connectivity index (χ1n) is 10.1. The molecule has 1 saturated heterocycles. The van der Waals surface area contributed by atoms with Gasteiger partial charge in [0.15, 0.2) is 5.82 Å². The number of amidine groups is 1. The average Bonchev–Trinajstić information content (AvgIpc) is 2.78. The van der Waals surface area contributed by atoms with Crippen LogP contribution in [-0.2, 0) is 4.79 Å². The van der Waals surface area contributed by atoms with Crippen LogP contribution in [0.4, 0.5) is 14.5 Å². The lowest BCUT2D eigenvalue weighted by molar-refractivity contribution is -0.128. The van der Waals surface area contributed by atoms with Crippen molar-refractivity contribution in [2.24, 2.45) is 0 Å². The van der Waals surface area contributed by atoms with Gasteiger partial charge in [0.05, 0.1) is 16.9 Å². The van der Waals surface area contributed by atoms with Gasteiger partial charge in [0.2, 0.25) is 5.91 Å². The Hall–Kier alpha value is -2.65. The highest BCUT2D eigenvalue weighted by Crippen LogP contribution is 2.46. The predicted molar refractivity (Wildman–Crippen MR) is 124 cm³/mol. The molecule has 3 heterocycles. The van der Waals surface area contributed by atoms with Crippen LogP contribution in [0.25, 0.3) is 11.3 Å². The standard InChI is InChI=1S/C22H22ClF2N5OS/c1-3-17(31)29-5-6-30(12(2)11-29)22(26)14-9-15(23)18(21-19(14)27-4-7-32-21)20-16(25)8-13(24)10-28-20/h3,8-10,12,26-27H,1,4-7,11H2,2H3/t12-/m0/s1. The molecule has 0 bridgehead atoms. The topological polar surface area (TPSA) is 72.3 Å². The number of amides is 1. The number of hydrogen-bond acceptors (Lipinski definition) is 5. The molecule has 0 aliphatic carbocycles. The van der Waals surface area contributed by atoms with Crippen molar-refractivity contribution >= 4 is 40.8 Å². The zero-order chi connectivity index (χ0) is 23.0. The van der Waals surface area contributed by atoms with Crippen molar-refractivity contribution in [3.63, 3.8) is 0 Å². The van der Waals surface area contributed by atoms with E-state index in [9.17, 15) is 13.6 Å². The first-order valence-corrected chi connectivity index (χ1v) is 11.5. The Labute approximate surface area is 194 Å². The van der Waals surface area contributed by atoms with Gasteiger partial charge in [0.1, 0.15) is 17.3 Å². The highest BCUT2D eigenvalue weighted by molar-refractivity contribution is 7.99. The molecule has 1 fully saturated rings. The van der Waals surface area contributed by atoms with Crippen LogP contribution in [0.1, 0.15) is 12.5 Å². The summed E-state index contributed by atoms with van der Waals surface area (Å²) >= 11 is 8.09. The van der Waals surface area contributed by atoms with Crippen LogP contribution in [0, 0.1) is 17.0 Å². The third-order valence-corrected chi connectivity index (χ3v) is 6.99. The Morgan fingerprint density at radius 1 is 1.41 bits per heavy atom. The predicted octanol–water partition coefficient (Wildman–Crippen LogP) is 4.24. The normalized spacial score (nSPS) is 18.1. The van der Waals surface area contributed by atoms with E-state index in [4.69, 9.17) is 17.0 Å². The number of halogens is 3. The van der Waals surface area contributed by atoms with Crippen molar-refractivity contribution in [3.8, 4) is 11.3 Å². The van der Waals surface area contributed by atoms with E-state index in [1.165, 1.54) is 17.8 Å². The Morgan fingerprint density at radius 2 is 2.19 bits per heavy atom. The summed E-state index contributed by atoms with van der Waals surface area (Å²) in [5.41, 5.74) is 1.65. The van der Waals surface area contributed by atoms with Gasteiger partial charge in [0.25, 0.3) is 0 Å². The second kappa shape index (κ2) is 9.07. The van der Waals surface area contributed by atoms with E-state index in [0.29, 0.717) is 47.9 Å². The highest BCUT2D eigenvalue weighted by Gasteiger charge is 2.31. The number of piperazine rings is 1. The molecule has 6 nitrogen and oxygen atoms in total. The molecule has 1 aromatic heterocycles. The SMILES string of the molecule is C=CC(=O)N1CCN(C(=N)c2cc(Cl)c(-c3ncc(F)cc3F)c3c2NCCS3)[C@@H](C)C1. The fourth-order valence-electron chi connectivity index (χ4n) is 4.06. The third kappa shape index (κ3) is 4.06. The van der Waals surface area contributed by atoms with Crippen LogP contribution < -0.4 is 5.32 Å². The molecular weight excluding hydrogens is 456 g/mol. The van der Waals surface area contributed by atoms with E-state index in [1.54, 1.807) is 11.0 Å². The zero-order valence-corrected chi connectivity index (χ0v) is 19.0. The number of benzene rings is 1. The van der Waals surface area contributed by atoms with Gasteiger partial charge in [-0.1, -0.05) is 18.2 Å². The van der Waals surface area contributed by atoms with Gasteiger partial charge in [-0.15, -0.1) is 11.8 Å². The monoisotopic (exact) mass is 477 g/mol. The number of pyridine rings is 1. The maximum absolute atomic E-state index is 14.5. The molecule has 1 amide bonds. The summed E-state index contributed by atoms with van der Waals surface area (Å²) in [5.74, 6) is -0.673. The smallest absolute Gasteiger partial charge is 0.246 e. The maximum Gasteiger partial charge on any atom is 0.246 e. The Balaban J connectivity index is 1.73. The summed E-state index contributed by atoms with van der Waals surface area (Å²) in [6, 6.07) is 2.34. The van der Waals surface area contributed by atoms with E-state index in [-0.39, 0.29) is 28.5 Å². The summed E-state index contributed by atoms with van der Waals surface area (Å²) in [7, 11) is 0. The summed E-state index contributed by atoms with van der Waals surface area (Å²) in [4.78, 5) is 20.2. The minimum absolute atomic E-state index is 0.0214. The molecule has 32 heavy (non-hydrogen) atoms. The van der Waals surface area contributed by atoms with E-state index >= 15 is 0 Å². The van der Waals surface area contributed by atoms with Crippen LogP contribution in [0.3, 0.4) is 0 Å². The quantitative estimate of drug-likeness (QED) is 0.393. The van der Waals surface area contributed by atoms with Crippen molar-refractivity contribution < 1.29 is 13.6 Å². The molecule has 0 unspecified atom stereocenters. The van der Waals surface area contributed by atoms with Gasteiger partial charge in [0, 0.05) is 60.1 Å². The summed E-state index contributed by atoms with van der Waals surface area (Å²) in [5, 5.41) is 12.5. The number of hydrogen-bond donors (Lipinski definition) is 2. The molecule has 0 saturated carbocycles. The lowest BCUT2D eigenvalue weighted by Crippen LogP contribution is -2.55. The number of anilines is 1. The average molecular weight is 478 g/mol. The van der Waals surface area contributed by atoms with Gasteiger partial charge in [-0.25, -0.2) is 8.78 Å². The first kappa shape index (κ1) is 22.5. The number of thioether (sulfide) groups is 1. The molecule has 2 aliphatic rings. The van der Waals surface area contributed by atoms with Gasteiger partial charge in [-0.3, -0.25) is 15.2 Å². The summed E-state index contributed by atoms with van der Waals surface area (Å²) in [6.45, 7) is 7.63. The Morgan fingerprint density at radius 3 is 2.88 bits per heavy atom. The van der Waals surface area contributed by atoms with Crippen molar-refractivity contribution in [1.82, 2.24) is 14.8 Å². The lowest BCUT2D eigenvalue weighted by Gasteiger charge is -2.41. The largest absolute Gasteiger partial charge is 0.383 e. The summed E-state index contributed by atoms with van der Waals surface area (Å²) in [6.07, 6.45) is 2.26. The zero-order valence-electron chi connectivity index (χ0n) is 17.4. The minimum atomic E-state index is -0.792. The van der Waals surface area contributed by atoms with Crippen LogP contribution in [-0.4, -0.2) is 64.5 Å². The van der Waals surface area contributed by atoms with Crippen LogP contribution in [0.2, 0.25) is 5.02 Å². The van der Waals surface area contributed by atoms with Gasteiger partial charge in [-0.05, 0) is 19.1 Å². The van der Waals surface area contributed by atoms with Crippen LogP contribution in [0.15, 0.2) is 35.9 Å². The molecule has 0 radical (unpaired) electrons.